The molecule has 1 aromatic carbocycles. The molecule has 1 aromatic rings. The number of nitrogens with two attached hydrogens (primary N) is 1. The third-order valence-corrected chi connectivity index (χ3v) is 4.48. The number of anilines is 1. The number of amides is 1. The fraction of sp³-hybridized carbons (Fsp3) is 0.417. The van der Waals surface area contributed by atoms with Crippen LogP contribution in [0.15, 0.2) is 29.2 Å². The van der Waals surface area contributed by atoms with E-state index in [2.05, 4.69) is 6.07 Å². The second-order valence-corrected chi connectivity index (χ2v) is 5.37. The molecule has 1 amide bonds. The van der Waals surface area contributed by atoms with Crippen LogP contribution in [-0.2, 0) is 4.79 Å². The largest absolute Gasteiger partial charge is 0.326 e. The molecule has 3 nitrogen and oxygen atoms in total. The summed E-state index contributed by atoms with van der Waals surface area (Å²) in [7, 11) is 0. The van der Waals surface area contributed by atoms with E-state index in [9.17, 15) is 4.79 Å². The molecule has 3 rings (SSSR count). The fourth-order valence-electron chi connectivity index (χ4n) is 2.44. The number of carbonyl (C=O) groups is 1. The average Bonchev–Trinajstić information content (AvgIpc) is 2.33. The van der Waals surface area contributed by atoms with Crippen LogP contribution in [0.3, 0.4) is 0 Å². The molecule has 2 N–H and O–H groups in total. The molecule has 2 aliphatic heterocycles. The van der Waals surface area contributed by atoms with Gasteiger partial charge >= 0.3 is 0 Å². The second kappa shape index (κ2) is 3.79. The lowest BCUT2D eigenvalue weighted by Crippen LogP contribution is -2.57. The van der Waals surface area contributed by atoms with Crippen molar-refractivity contribution in [1.82, 2.24) is 0 Å². The number of fused-ring (bicyclic) bond motifs is 3. The van der Waals surface area contributed by atoms with E-state index in [1.54, 1.807) is 11.8 Å². The molecule has 1 saturated heterocycles. The zero-order valence-electron chi connectivity index (χ0n) is 8.93. The summed E-state index contributed by atoms with van der Waals surface area (Å²) in [6.07, 6.45) is 1.40. The smallest absolute Gasteiger partial charge is 0.227 e. The van der Waals surface area contributed by atoms with Crippen molar-refractivity contribution >= 4 is 23.4 Å². The molecule has 1 fully saturated rings. The van der Waals surface area contributed by atoms with Crippen molar-refractivity contribution in [3.8, 4) is 0 Å². The predicted octanol–water partition coefficient (Wildman–Crippen LogP) is 1.61. The Hall–Kier alpha value is -1.00. The van der Waals surface area contributed by atoms with Crippen LogP contribution in [0.1, 0.15) is 12.8 Å². The summed E-state index contributed by atoms with van der Waals surface area (Å²) in [5.74, 6) is 1.14. The monoisotopic (exact) mass is 234 g/mol. The molecule has 0 aromatic heterocycles. The summed E-state index contributed by atoms with van der Waals surface area (Å²) in [5.41, 5.74) is 7.15. The number of nitrogens with zero attached hydrogens (tertiary/aromatic N) is 1. The molecule has 84 valence electrons. The van der Waals surface area contributed by atoms with Crippen LogP contribution in [0, 0.1) is 0 Å². The summed E-state index contributed by atoms with van der Waals surface area (Å²) >= 11 is 1.81. The molecule has 4 heteroatoms. The Bertz CT molecular complexity index is 435. The molecule has 2 heterocycles. The highest BCUT2D eigenvalue weighted by Crippen LogP contribution is 2.40. The van der Waals surface area contributed by atoms with Crippen LogP contribution < -0.4 is 10.6 Å². The number of carbonyl (C=O) groups excluding carboxylic acids is 1. The third kappa shape index (κ3) is 1.44. The van der Waals surface area contributed by atoms with E-state index in [4.69, 9.17) is 5.73 Å². The lowest BCUT2D eigenvalue weighted by molar-refractivity contribution is -0.120. The molecule has 2 atom stereocenters. The fourth-order valence-corrected chi connectivity index (χ4v) is 3.68. The zero-order valence-corrected chi connectivity index (χ0v) is 9.74. The molecule has 2 unspecified atom stereocenters. The summed E-state index contributed by atoms with van der Waals surface area (Å²) < 4.78 is 0. The van der Waals surface area contributed by atoms with Crippen LogP contribution in [0.25, 0.3) is 0 Å². The van der Waals surface area contributed by atoms with E-state index < -0.39 is 0 Å². The highest BCUT2D eigenvalue weighted by molar-refractivity contribution is 7.99. The minimum Gasteiger partial charge on any atom is -0.326 e. The first kappa shape index (κ1) is 10.2. The molecule has 2 aliphatic rings. The molecule has 0 aliphatic carbocycles. The highest BCUT2D eigenvalue weighted by atomic mass is 32.2. The van der Waals surface area contributed by atoms with E-state index in [-0.39, 0.29) is 18.0 Å². The molecule has 16 heavy (non-hydrogen) atoms. The predicted molar refractivity (Wildman–Crippen MR) is 65.6 cm³/mol. The van der Waals surface area contributed by atoms with Gasteiger partial charge in [-0.2, -0.15) is 0 Å². The Kier molecular flexibility index (Phi) is 2.41. The van der Waals surface area contributed by atoms with Gasteiger partial charge in [0.25, 0.3) is 0 Å². The minimum absolute atomic E-state index is 0.124. The lowest BCUT2D eigenvalue weighted by Gasteiger charge is -2.43. The highest BCUT2D eigenvalue weighted by Gasteiger charge is 2.38. The van der Waals surface area contributed by atoms with E-state index >= 15 is 0 Å². The molecular formula is C12H14N2OS. The van der Waals surface area contributed by atoms with Gasteiger partial charge in [-0.3, -0.25) is 4.79 Å². The van der Waals surface area contributed by atoms with Gasteiger partial charge in [0.05, 0.1) is 11.7 Å². The van der Waals surface area contributed by atoms with Crippen molar-refractivity contribution in [2.45, 2.75) is 29.8 Å². The zero-order chi connectivity index (χ0) is 11.1. The maximum absolute atomic E-state index is 12.0. The normalized spacial score (nSPS) is 28.6. The number of benzene rings is 1. The van der Waals surface area contributed by atoms with Crippen molar-refractivity contribution in [2.75, 3.05) is 10.7 Å². The van der Waals surface area contributed by atoms with Crippen molar-refractivity contribution in [3.63, 3.8) is 0 Å². The van der Waals surface area contributed by atoms with Crippen LogP contribution in [0.4, 0.5) is 5.69 Å². The quantitative estimate of drug-likeness (QED) is 0.742. The van der Waals surface area contributed by atoms with E-state index in [0.29, 0.717) is 6.42 Å². The Labute approximate surface area is 99.0 Å². The van der Waals surface area contributed by atoms with Crippen molar-refractivity contribution in [2.24, 2.45) is 5.73 Å². The van der Waals surface area contributed by atoms with Crippen LogP contribution in [0.5, 0.6) is 0 Å². The van der Waals surface area contributed by atoms with Crippen LogP contribution in [-0.4, -0.2) is 23.7 Å². The number of rotatable bonds is 0. The van der Waals surface area contributed by atoms with E-state index in [1.807, 2.05) is 23.1 Å². The van der Waals surface area contributed by atoms with Gasteiger partial charge in [0.15, 0.2) is 0 Å². The van der Waals surface area contributed by atoms with E-state index in [0.717, 1.165) is 17.9 Å². The van der Waals surface area contributed by atoms with Gasteiger partial charge < -0.3 is 10.6 Å². The summed E-state index contributed by atoms with van der Waals surface area (Å²) in [6.45, 7) is 0. The number of hydrogen-bond acceptors (Lipinski definition) is 3. The first-order chi connectivity index (χ1) is 7.77. The van der Waals surface area contributed by atoms with Crippen molar-refractivity contribution in [1.29, 1.82) is 0 Å². The van der Waals surface area contributed by atoms with Gasteiger partial charge in [0.1, 0.15) is 0 Å². The number of piperidine rings is 1. The topological polar surface area (TPSA) is 46.3 Å². The Balaban J connectivity index is 2.06. The van der Waals surface area contributed by atoms with Gasteiger partial charge in [-0.15, -0.1) is 11.8 Å². The van der Waals surface area contributed by atoms with Crippen LogP contribution in [0.2, 0.25) is 0 Å². The Morgan fingerprint density at radius 3 is 3.06 bits per heavy atom. The molecular weight excluding hydrogens is 220 g/mol. The minimum atomic E-state index is 0.124. The maximum atomic E-state index is 12.0. The first-order valence-electron chi connectivity index (χ1n) is 5.57. The van der Waals surface area contributed by atoms with Gasteiger partial charge in [0, 0.05) is 23.1 Å². The number of thioether (sulfide) groups is 1. The summed E-state index contributed by atoms with van der Waals surface area (Å²) in [5, 5.41) is 0. The molecule has 0 spiro atoms. The first-order valence-corrected chi connectivity index (χ1v) is 6.55. The number of hydrogen-bond donors (Lipinski definition) is 1. The lowest BCUT2D eigenvalue weighted by atomic mass is 9.96. The number of para-hydroxylation sites is 1. The Morgan fingerprint density at radius 1 is 1.38 bits per heavy atom. The SMILES string of the molecule is NC1CCC(=O)N2c3ccccc3SCC12. The average molecular weight is 234 g/mol. The van der Waals surface area contributed by atoms with Crippen molar-refractivity contribution in [3.05, 3.63) is 24.3 Å². The maximum Gasteiger partial charge on any atom is 0.227 e. The Morgan fingerprint density at radius 2 is 2.19 bits per heavy atom. The molecule has 0 saturated carbocycles. The van der Waals surface area contributed by atoms with Crippen LogP contribution >= 0.6 is 11.8 Å². The van der Waals surface area contributed by atoms with Crippen molar-refractivity contribution < 1.29 is 4.79 Å². The summed E-state index contributed by atoms with van der Waals surface area (Å²) in [6, 6.07) is 8.39. The summed E-state index contributed by atoms with van der Waals surface area (Å²) in [4.78, 5) is 15.1. The molecule has 0 radical (unpaired) electrons. The van der Waals surface area contributed by atoms with E-state index in [1.165, 1.54) is 4.90 Å². The standard InChI is InChI=1S/C12H14N2OS/c13-8-5-6-12(15)14-9-3-1-2-4-11(9)16-7-10(8)14/h1-4,8,10H,5-7,13H2. The van der Waals surface area contributed by atoms with Gasteiger partial charge in [-0.25, -0.2) is 0 Å². The second-order valence-electron chi connectivity index (χ2n) is 4.31. The molecule has 0 bridgehead atoms. The van der Waals surface area contributed by atoms with Gasteiger partial charge in [0.2, 0.25) is 5.91 Å². The van der Waals surface area contributed by atoms with Gasteiger partial charge in [-0.1, -0.05) is 12.1 Å². The van der Waals surface area contributed by atoms with Gasteiger partial charge in [-0.05, 0) is 18.6 Å². The third-order valence-electron chi connectivity index (χ3n) is 3.32.